The van der Waals surface area contributed by atoms with Crippen molar-refractivity contribution in [1.29, 1.82) is 0 Å². The van der Waals surface area contributed by atoms with Gasteiger partial charge in [-0.15, -0.1) is 0 Å². The van der Waals surface area contributed by atoms with Crippen molar-refractivity contribution in [3.05, 3.63) is 35.0 Å². The molecule has 1 fully saturated rings. The van der Waals surface area contributed by atoms with E-state index >= 15 is 0 Å². The minimum Gasteiger partial charge on any atom is -0.463 e. The third-order valence-electron chi connectivity index (χ3n) is 4.26. The molecule has 0 aliphatic carbocycles. The summed E-state index contributed by atoms with van der Waals surface area (Å²) in [4.78, 5) is 19.3. The molecular formula is C17H18N2O4S. The van der Waals surface area contributed by atoms with E-state index in [9.17, 15) is 4.79 Å². The number of amidine groups is 1. The Bertz CT molecular complexity index is 759. The second-order valence-corrected chi connectivity index (χ2v) is 6.73. The van der Waals surface area contributed by atoms with E-state index in [-0.39, 0.29) is 18.8 Å². The van der Waals surface area contributed by atoms with Crippen molar-refractivity contribution < 1.29 is 19.0 Å². The Kier molecular flexibility index (Phi) is 3.88. The van der Waals surface area contributed by atoms with Crippen LogP contribution in [0.1, 0.15) is 25.5 Å². The molecule has 6 nitrogen and oxygen atoms in total. The van der Waals surface area contributed by atoms with Crippen molar-refractivity contribution in [2.75, 3.05) is 25.7 Å². The van der Waals surface area contributed by atoms with Crippen LogP contribution in [0.3, 0.4) is 0 Å². The predicted molar refractivity (Wildman–Crippen MR) is 91.2 cm³/mol. The highest BCUT2D eigenvalue weighted by Crippen LogP contribution is 2.43. The van der Waals surface area contributed by atoms with Crippen LogP contribution in [-0.4, -0.2) is 41.7 Å². The van der Waals surface area contributed by atoms with Crippen LogP contribution < -0.4 is 9.47 Å². The summed E-state index contributed by atoms with van der Waals surface area (Å²) in [5.41, 5.74) is 2.30. The number of esters is 1. The van der Waals surface area contributed by atoms with Gasteiger partial charge in [-0.1, -0.05) is 17.8 Å². The smallest absolute Gasteiger partial charge is 0.338 e. The van der Waals surface area contributed by atoms with Crippen LogP contribution in [-0.2, 0) is 9.53 Å². The maximum atomic E-state index is 12.6. The summed E-state index contributed by atoms with van der Waals surface area (Å²) in [7, 11) is 0. The number of hydrogen-bond acceptors (Lipinski definition) is 7. The van der Waals surface area contributed by atoms with E-state index < -0.39 is 0 Å². The van der Waals surface area contributed by atoms with Crippen LogP contribution in [0.15, 0.2) is 34.5 Å². The van der Waals surface area contributed by atoms with Gasteiger partial charge in [0.1, 0.15) is 0 Å². The molecule has 0 saturated carbocycles. The maximum absolute atomic E-state index is 12.6. The second kappa shape index (κ2) is 6.05. The first-order valence-electron chi connectivity index (χ1n) is 7.94. The summed E-state index contributed by atoms with van der Waals surface area (Å²) in [6, 6.07) is 5.62. The highest BCUT2D eigenvalue weighted by molar-refractivity contribution is 8.14. The molecule has 0 unspecified atom stereocenters. The number of fused-ring (bicyclic) bond motifs is 2. The largest absolute Gasteiger partial charge is 0.463 e. The number of allylic oxidation sites excluding steroid dienone is 1. The molecule has 0 amide bonds. The molecule has 3 heterocycles. The van der Waals surface area contributed by atoms with Crippen molar-refractivity contribution in [3.8, 4) is 11.5 Å². The SMILES string of the molecule is CCOC(=O)C1=C(C)N=C2SCCN2[C@H]1c1ccc2c(c1)OCO2. The summed E-state index contributed by atoms with van der Waals surface area (Å²) in [5.74, 6) is 2.10. The average molecular weight is 346 g/mol. The summed E-state index contributed by atoms with van der Waals surface area (Å²) >= 11 is 1.71. The highest BCUT2D eigenvalue weighted by Gasteiger charge is 2.39. The number of ether oxygens (including phenoxy) is 3. The molecule has 1 aromatic rings. The number of carbonyl (C=O) groups excluding carboxylic acids is 1. The monoisotopic (exact) mass is 346 g/mol. The van der Waals surface area contributed by atoms with Crippen LogP contribution >= 0.6 is 11.8 Å². The quantitative estimate of drug-likeness (QED) is 0.785. The molecule has 0 aromatic heterocycles. The molecule has 3 aliphatic rings. The molecule has 1 aromatic carbocycles. The number of thioether (sulfide) groups is 1. The van der Waals surface area contributed by atoms with E-state index in [1.165, 1.54) is 0 Å². The van der Waals surface area contributed by atoms with Crippen LogP contribution in [0.4, 0.5) is 0 Å². The zero-order valence-corrected chi connectivity index (χ0v) is 14.4. The fourth-order valence-electron chi connectivity index (χ4n) is 3.21. The van der Waals surface area contributed by atoms with Crippen LogP contribution in [0.2, 0.25) is 0 Å². The summed E-state index contributed by atoms with van der Waals surface area (Å²) in [5, 5.41) is 0.961. The lowest BCUT2D eigenvalue weighted by molar-refractivity contribution is -0.139. The fourth-order valence-corrected chi connectivity index (χ4v) is 4.24. The summed E-state index contributed by atoms with van der Waals surface area (Å²) < 4.78 is 16.2. The third-order valence-corrected chi connectivity index (χ3v) is 5.23. The molecule has 0 N–H and O–H groups in total. The van der Waals surface area contributed by atoms with Gasteiger partial charge >= 0.3 is 5.97 Å². The Morgan fingerprint density at radius 3 is 3.08 bits per heavy atom. The zero-order valence-electron chi connectivity index (χ0n) is 13.6. The Labute approximate surface area is 144 Å². The van der Waals surface area contributed by atoms with Gasteiger partial charge in [0, 0.05) is 12.3 Å². The van der Waals surface area contributed by atoms with Crippen LogP contribution in [0.5, 0.6) is 11.5 Å². The summed E-state index contributed by atoms with van der Waals surface area (Å²) in [6.45, 7) is 5.10. The van der Waals surface area contributed by atoms with E-state index in [0.29, 0.717) is 17.9 Å². The van der Waals surface area contributed by atoms with Gasteiger partial charge in [0.2, 0.25) is 6.79 Å². The number of hydrogen-bond donors (Lipinski definition) is 0. The van der Waals surface area contributed by atoms with Gasteiger partial charge < -0.3 is 19.1 Å². The molecular weight excluding hydrogens is 328 g/mol. The topological polar surface area (TPSA) is 60.4 Å². The molecule has 4 rings (SSSR count). The fraction of sp³-hybridized carbons (Fsp3) is 0.412. The van der Waals surface area contributed by atoms with Crippen molar-refractivity contribution in [3.63, 3.8) is 0 Å². The Morgan fingerprint density at radius 2 is 2.25 bits per heavy atom. The second-order valence-electron chi connectivity index (χ2n) is 5.67. The predicted octanol–water partition coefficient (Wildman–Crippen LogP) is 2.71. The normalized spacial score (nSPS) is 21.7. The average Bonchev–Trinajstić information content (AvgIpc) is 3.21. The standard InChI is InChI=1S/C17H18N2O4S/c1-3-21-16(20)14-10(2)18-17-19(6-7-24-17)15(14)11-4-5-12-13(8-11)23-9-22-12/h4-5,8,15H,3,6-7,9H2,1-2H3/t15-/m0/s1. The molecule has 3 aliphatic heterocycles. The van der Waals surface area contributed by atoms with Crippen molar-refractivity contribution >= 4 is 22.9 Å². The number of nitrogens with zero attached hydrogens (tertiary/aromatic N) is 2. The Morgan fingerprint density at radius 1 is 1.42 bits per heavy atom. The number of benzene rings is 1. The van der Waals surface area contributed by atoms with Crippen molar-refractivity contribution in [2.24, 2.45) is 4.99 Å². The van der Waals surface area contributed by atoms with Gasteiger partial charge in [0.25, 0.3) is 0 Å². The summed E-state index contributed by atoms with van der Waals surface area (Å²) in [6.07, 6.45) is 0. The molecule has 0 bridgehead atoms. The third kappa shape index (κ3) is 2.43. The lowest BCUT2D eigenvalue weighted by Gasteiger charge is -2.34. The maximum Gasteiger partial charge on any atom is 0.338 e. The van der Waals surface area contributed by atoms with Gasteiger partial charge in [-0.3, -0.25) is 0 Å². The van der Waals surface area contributed by atoms with E-state index in [4.69, 9.17) is 14.2 Å². The van der Waals surface area contributed by atoms with Crippen molar-refractivity contribution in [1.82, 2.24) is 4.90 Å². The molecule has 126 valence electrons. The van der Waals surface area contributed by atoms with E-state index in [2.05, 4.69) is 9.89 Å². The van der Waals surface area contributed by atoms with E-state index in [1.807, 2.05) is 32.0 Å². The molecule has 7 heteroatoms. The molecule has 1 saturated heterocycles. The Hall–Kier alpha value is -2.15. The zero-order chi connectivity index (χ0) is 16.7. The van der Waals surface area contributed by atoms with Gasteiger partial charge in [-0.2, -0.15) is 0 Å². The van der Waals surface area contributed by atoms with Crippen LogP contribution in [0, 0.1) is 0 Å². The van der Waals surface area contributed by atoms with E-state index in [1.54, 1.807) is 11.8 Å². The van der Waals surface area contributed by atoms with E-state index in [0.717, 1.165) is 34.5 Å². The first-order chi connectivity index (χ1) is 11.7. The van der Waals surface area contributed by atoms with Gasteiger partial charge in [-0.25, -0.2) is 9.79 Å². The first kappa shape index (κ1) is 15.4. The van der Waals surface area contributed by atoms with Crippen molar-refractivity contribution in [2.45, 2.75) is 19.9 Å². The molecule has 1 atom stereocenters. The lowest BCUT2D eigenvalue weighted by atomic mass is 9.94. The van der Waals surface area contributed by atoms with Gasteiger partial charge in [0.15, 0.2) is 16.7 Å². The Balaban J connectivity index is 1.80. The first-order valence-corrected chi connectivity index (χ1v) is 8.93. The molecule has 0 radical (unpaired) electrons. The van der Waals surface area contributed by atoms with Gasteiger partial charge in [0.05, 0.1) is 23.9 Å². The minimum absolute atomic E-state index is 0.207. The highest BCUT2D eigenvalue weighted by atomic mass is 32.2. The van der Waals surface area contributed by atoms with Gasteiger partial charge in [-0.05, 0) is 31.5 Å². The minimum atomic E-state index is -0.308. The number of rotatable bonds is 3. The lowest BCUT2D eigenvalue weighted by Crippen LogP contribution is -2.36. The number of aliphatic imine (C=N–C) groups is 1. The number of carbonyl (C=O) groups is 1. The molecule has 24 heavy (non-hydrogen) atoms. The van der Waals surface area contributed by atoms with Crippen LogP contribution in [0.25, 0.3) is 0 Å². The molecule has 0 spiro atoms.